The first-order chi connectivity index (χ1) is 10.7. The number of hydrogen-bond donors (Lipinski definition) is 3. The molecule has 4 N–H and O–H groups in total. The Kier molecular flexibility index (Phi) is 8.32. The molecule has 0 saturated heterocycles. The summed E-state index contributed by atoms with van der Waals surface area (Å²) >= 11 is 1.36. The number of hydrogen-bond acceptors (Lipinski definition) is 4. The molecule has 2 aromatic rings. The van der Waals surface area contributed by atoms with Gasteiger partial charge in [0.05, 0.1) is 16.1 Å². The number of anilines is 1. The fourth-order valence-electron chi connectivity index (χ4n) is 1.95. The number of benzene rings is 1. The number of amides is 2. The van der Waals surface area contributed by atoms with Gasteiger partial charge in [-0.1, -0.05) is 18.2 Å². The molecule has 0 radical (unpaired) electrons. The van der Waals surface area contributed by atoms with Crippen LogP contribution in [0, 0.1) is 0 Å². The molecule has 7 heteroatoms. The van der Waals surface area contributed by atoms with Crippen molar-refractivity contribution in [2.45, 2.75) is 12.8 Å². The third kappa shape index (κ3) is 5.67. The predicted octanol–water partition coefficient (Wildman–Crippen LogP) is 2.89. The van der Waals surface area contributed by atoms with Crippen molar-refractivity contribution in [2.75, 3.05) is 18.4 Å². The van der Waals surface area contributed by atoms with E-state index >= 15 is 0 Å². The van der Waals surface area contributed by atoms with Crippen molar-refractivity contribution in [2.24, 2.45) is 5.73 Å². The number of carbonyl (C=O) groups is 2. The van der Waals surface area contributed by atoms with Crippen LogP contribution in [0.4, 0.5) is 5.69 Å². The molecule has 0 saturated carbocycles. The Labute approximate surface area is 145 Å². The fraction of sp³-hybridized carbons (Fsp3) is 0.250. The highest BCUT2D eigenvalue weighted by Gasteiger charge is 2.14. The quantitative estimate of drug-likeness (QED) is 0.669. The minimum Gasteiger partial charge on any atom is -0.352 e. The van der Waals surface area contributed by atoms with E-state index in [9.17, 15) is 9.59 Å². The molecular formula is C16H20ClN3O2S. The summed E-state index contributed by atoms with van der Waals surface area (Å²) in [4.78, 5) is 24.9. The molecule has 0 aliphatic heterocycles. The smallest absolute Gasteiger partial charge is 0.265 e. The first kappa shape index (κ1) is 19.2. The van der Waals surface area contributed by atoms with Gasteiger partial charge in [-0.25, -0.2) is 0 Å². The second kappa shape index (κ2) is 9.99. The standard InChI is InChI=1S/C16H19N3O2S.ClH/c17-9-3-4-10-18-15(20)12-6-1-2-7-13(12)19-16(21)14-8-5-11-22-14;/h1-2,5-8,11H,3-4,9-10,17H2,(H,18,20)(H,19,21);1H. The van der Waals surface area contributed by atoms with Crippen LogP contribution in [0.3, 0.4) is 0 Å². The third-order valence-corrected chi connectivity index (χ3v) is 3.95. The molecule has 0 fully saturated rings. The van der Waals surface area contributed by atoms with Crippen LogP contribution in [-0.4, -0.2) is 24.9 Å². The lowest BCUT2D eigenvalue weighted by Gasteiger charge is -2.11. The number of para-hydroxylation sites is 1. The van der Waals surface area contributed by atoms with Gasteiger partial charge in [0.25, 0.3) is 11.8 Å². The summed E-state index contributed by atoms with van der Waals surface area (Å²) in [5, 5.41) is 7.46. The van der Waals surface area contributed by atoms with Crippen LogP contribution in [-0.2, 0) is 0 Å². The fourth-order valence-corrected chi connectivity index (χ4v) is 2.57. The summed E-state index contributed by atoms with van der Waals surface area (Å²) in [5.41, 5.74) is 6.39. The number of thiophene rings is 1. The summed E-state index contributed by atoms with van der Waals surface area (Å²) in [5.74, 6) is -0.405. The van der Waals surface area contributed by atoms with E-state index in [1.807, 2.05) is 11.4 Å². The molecule has 0 spiro atoms. The summed E-state index contributed by atoms with van der Waals surface area (Å²) in [7, 11) is 0. The van der Waals surface area contributed by atoms with Gasteiger partial charge >= 0.3 is 0 Å². The van der Waals surface area contributed by atoms with Gasteiger partial charge in [-0.15, -0.1) is 23.7 Å². The van der Waals surface area contributed by atoms with E-state index in [1.54, 1.807) is 30.3 Å². The topological polar surface area (TPSA) is 84.2 Å². The Morgan fingerprint density at radius 3 is 2.52 bits per heavy atom. The van der Waals surface area contributed by atoms with Gasteiger partial charge in [0.1, 0.15) is 0 Å². The highest BCUT2D eigenvalue weighted by atomic mass is 35.5. The van der Waals surface area contributed by atoms with E-state index in [1.165, 1.54) is 11.3 Å². The molecule has 124 valence electrons. The van der Waals surface area contributed by atoms with Gasteiger partial charge in [0.15, 0.2) is 0 Å². The van der Waals surface area contributed by atoms with E-state index in [-0.39, 0.29) is 24.2 Å². The van der Waals surface area contributed by atoms with E-state index < -0.39 is 0 Å². The Morgan fingerprint density at radius 1 is 1.04 bits per heavy atom. The van der Waals surface area contributed by atoms with Crippen molar-refractivity contribution < 1.29 is 9.59 Å². The molecular weight excluding hydrogens is 334 g/mol. The van der Waals surface area contributed by atoms with Crippen molar-refractivity contribution in [1.82, 2.24) is 5.32 Å². The first-order valence-electron chi connectivity index (χ1n) is 7.14. The van der Waals surface area contributed by atoms with Crippen LogP contribution in [0.5, 0.6) is 0 Å². The Morgan fingerprint density at radius 2 is 1.83 bits per heavy atom. The zero-order valence-corrected chi connectivity index (χ0v) is 14.2. The van der Waals surface area contributed by atoms with Gasteiger partial charge in [-0.05, 0) is 43.0 Å². The van der Waals surface area contributed by atoms with Gasteiger partial charge in [-0.2, -0.15) is 0 Å². The molecule has 2 amide bonds. The summed E-state index contributed by atoms with van der Waals surface area (Å²) in [6, 6.07) is 10.5. The van der Waals surface area contributed by atoms with Crippen LogP contribution in [0.15, 0.2) is 41.8 Å². The van der Waals surface area contributed by atoms with E-state index in [0.29, 0.717) is 29.2 Å². The molecule has 1 heterocycles. The predicted molar refractivity (Wildman–Crippen MR) is 96.6 cm³/mol. The molecule has 1 aromatic heterocycles. The molecule has 0 aliphatic carbocycles. The lowest BCUT2D eigenvalue weighted by Crippen LogP contribution is -2.26. The monoisotopic (exact) mass is 353 g/mol. The second-order valence-electron chi connectivity index (χ2n) is 4.73. The first-order valence-corrected chi connectivity index (χ1v) is 8.02. The van der Waals surface area contributed by atoms with Crippen molar-refractivity contribution in [3.8, 4) is 0 Å². The lowest BCUT2D eigenvalue weighted by atomic mass is 10.1. The van der Waals surface area contributed by atoms with Gasteiger partial charge in [0, 0.05) is 6.54 Å². The van der Waals surface area contributed by atoms with Crippen molar-refractivity contribution >= 4 is 41.2 Å². The number of nitrogens with two attached hydrogens (primary N) is 1. The average molecular weight is 354 g/mol. The zero-order chi connectivity index (χ0) is 15.8. The van der Waals surface area contributed by atoms with Gasteiger partial charge < -0.3 is 16.4 Å². The second-order valence-corrected chi connectivity index (χ2v) is 5.68. The summed E-state index contributed by atoms with van der Waals surface area (Å²) in [6.45, 7) is 1.19. The number of carbonyl (C=O) groups excluding carboxylic acids is 2. The van der Waals surface area contributed by atoms with Gasteiger partial charge in [-0.3, -0.25) is 9.59 Å². The summed E-state index contributed by atoms with van der Waals surface area (Å²) < 4.78 is 0. The maximum atomic E-state index is 12.2. The Balaban J connectivity index is 0.00000264. The molecule has 23 heavy (non-hydrogen) atoms. The third-order valence-electron chi connectivity index (χ3n) is 3.08. The molecule has 0 atom stereocenters. The number of rotatable bonds is 7. The SMILES string of the molecule is Cl.NCCCCNC(=O)c1ccccc1NC(=O)c1cccs1. The minimum atomic E-state index is -0.210. The number of halogens is 1. The maximum Gasteiger partial charge on any atom is 0.265 e. The normalized spacial score (nSPS) is 9.78. The maximum absolute atomic E-state index is 12.2. The van der Waals surface area contributed by atoms with Crippen molar-refractivity contribution in [3.63, 3.8) is 0 Å². The molecule has 0 unspecified atom stereocenters. The molecule has 5 nitrogen and oxygen atoms in total. The molecule has 1 aromatic carbocycles. The van der Waals surface area contributed by atoms with E-state index in [2.05, 4.69) is 10.6 Å². The van der Waals surface area contributed by atoms with Crippen LogP contribution in [0.1, 0.15) is 32.9 Å². The number of unbranched alkanes of at least 4 members (excludes halogenated alkanes) is 1. The average Bonchev–Trinajstić information content (AvgIpc) is 3.06. The highest BCUT2D eigenvalue weighted by Crippen LogP contribution is 2.17. The summed E-state index contributed by atoms with van der Waals surface area (Å²) in [6.07, 6.45) is 1.71. The molecule has 2 rings (SSSR count). The van der Waals surface area contributed by atoms with Crippen LogP contribution >= 0.6 is 23.7 Å². The zero-order valence-electron chi connectivity index (χ0n) is 12.6. The lowest BCUT2D eigenvalue weighted by molar-refractivity contribution is 0.0954. The highest BCUT2D eigenvalue weighted by molar-refractivity contribution is 7.12. The Bertz CT molecular complexity index is 632. The largest absolute Gasteiger partial charge is 0.352 e. The van der Waals surface area contributed by atoms with Crippen molar-refractivity contribution in [3.05, 3.63) is 52.2 Å². The van der Waals surface area contributed by atoms with E-state index in [4.69, 9.17) is 5.73 Å². The van der Waals surface area contributed by atoms with Crippen LogP contribution in [0.25, 0.3) is 0 Å². The van der Waals surface area contributed by atoms with Crippen LogP contribution < -0.4 is 16.4 Å². The Hall–Kier alpha value is -1.89. The number of nitrogens with one attached hydrogen (secondary N) is 2. The van der Waals surface area contributed by atoms with Gasteiger partial charge in [0.2, 0.25) is 0 Å². The van der Waals surface area contributed by atoms with Crippen LogP contribution in [0.2, 0.25) is 0 Å². The van der Waals surface area contributed by atoms with E-state index in [0.717, 1.165) is 12.8 Å². The molecule has 0 aliphatic rings. The molecule has 0 bridgehead atoms. The minimum absolute atomic E-state index is 0. The van der Waals surface area contributed by atoms with Crippen molar-refractivity contribution in [1.29, 1.82) is 0 Å².